The molecule has 0 fully saturated rings. The third-order valence-electron chi connectivity index (χ3n) is 4.25. The van der Waals surface area contributed by atoms with Crippen LogP contribution in [0, 0.1) is 10.1 Å². The fourth-order valence-corrected chi connectivity index (χ4v) is 3.07. The lowest BCUT2D eigenvalue weighted by Crippen LogP contribution is -2.40. The fraction of sp³-hybridized carbons (Fsp3) is 0.278. The number of hydrogen-bond acceptors (Lipinski definition) is 4. The maximum atomic E-state index is 12.8. The third kappa shape index (κ3) is 2.71. The molecule has 1 unspecified atom stereocenters. The van der Waals surface area contributed by atoms with Gasteiger partial charge in [0.25, 0.3) is 5.69 Å². The molecule has 0 saturated carbocycles. The molecule has 124 valence electrons. The van der Waals surface area contributed by atoms with Crippen molar-refractivity contribution < 1.29 is 14.8 Å². The molecule has 6 nitrogen and oxygen atoms in total. The molecule has 0 aromatic heterocycles. The number of fused-ring (bicyclic) bond motifs is 2. The molecule has 1 N–H and O–H groups in total. The second-order valence-corrected chi connectivity index (χ2v) is 5.87. The number of aliphatic hydroxyl groups is 1. The lowest BCUT2D eigenvalue weighted by Gasteiger charge is -2.29. The Hall–Kier alpha value is -2.89. The molecule has 2 bridgehead atoms. The predicted octanol–water partition coefficient (Wildman–Crippen LogP) is 3.81. The zero-order chi connectivity index (χ0) is 17.3. The molecular formula is C18H18N2O4. The number of hydrogen-bond donors (Lipinski definition) is 1. The van der Waals surface area contributed by atoms with Crippen molar-refractivity contribution in [1.82, 2.24) is 0 Å². The van der Waals surface area contributed by atoms with Gasteiger partial charge in [0.1, 0.15) is 5.76 Å². The normalized spacial score (nSPS) is 18.0. The highest BCUT2D eigenvalue weighted by molar-refractivity contribution is 5.96. The van der Waals surface area contributed by atoms with Crippen LogP contribution in [0.2, 0.25) is 0 Å². The van der Waals surface area contributed by atoms with E-state index in [4.69, 9.17) is 0 Å². The van der Waals surface area contributed by atoms with Crippen molar-refractivity contribution in [2.45, 2.75) is 32.2 Å². The van der Waals surface area contributed by atoms with E-state index in [1.165, 1.54) is 12.1 Å². The van der Waals surface area contributed by atoms with Crippen molar-refractivity contribution in [1.29, 1.82) is 0 Å². The molecule has 1 aromatic carbocycles. The largest absolute Gasteiger partial charge is 0.508 e. The van der Waals surface area contributed by atoms with E-state index in [2.05, 4.69) is 0 Å². The van der Waals surface area contributed by atoms with Gasteiger partial charge in [-0.2, -0.15) is 0 Å². The maximum Gasteiger partial charge on any atom is 0.271 e. The quantitative estimate of drug-likeness (QED) is 0.636. The molecule has 0 heterocycles. The fourth-order valence-electron chi connectivity index (χ4n) is 3.07. The van der Waals surface area contributed by atoms with Gasteiger partial charge in [0.15, 0.2) is 0 Å². The summed E-state index contributed by atoms with van der Waals surface area (Å²) in [5.74, 6) is 0.0420. The highest BCUT2D eigenvalue weighted by Crippen LogP contribution is 2.39. The number of anilines is 1. The second kappa shape index (κ2) is 6.31. The van der Waals surface area contributed by atoms with Gasteiger partial charge in [0.2, 0.25) is 5.91 Å². The molecule has 1 amide bonds. The van der Waals surface area contributed by atoms with E-state index in [1.807, 2.05) is 13.0 Å². The summed E-state index contributed by atoms with van der Waals surface area (Å²) in [6.45, 7) is 2.00. The third-order valence-corrected chi connectivity index (χ3v) is 4.25. The Labute approximate surface area is 139 Å². The number of nitro groups is 1. The van der Waals surface area contributed by atoms with Crippen LogP contribution in [0.25, 0.3) is 0 Å². The molecule has 2 aliphatic rings. The number of amides is 1. The summed E-state index contributed by atoms with van der Waals surface area (Å²) in [5.41, 5.74) is 1.88. The summed E-state index contributed by atoms with van der Waals surface area (Å²) >= 11 is 0. The lowest BCUT2D eigenvalue weighted by atomic mass is 10.1. The van der Waals surface area contributed by atoms with Crippen LogP contribution in [-0.4, -0.2) is 22.0 Å². The number of unbranched alkanes of at least 4 members (excludes halogenated alkanes) is 1. The van der Waals surface area contributed by atoms with Gasteiger partial charge in [-0.25, -0.2) is 0 Å². The standard InChI is InChI=1S/C18H18N2O4/c1-2-3-7-17(22)19(13-5-4-6-14(11-13)20(23)24)18-12-8-9-15(18)16(21)10-12/h4-6,8-11,18,21H,2-3,7H2,1H3. The Morgan fingerprint density at radius 3 is 2.75 bits per heavy atom. The summed E-state index contributed by atoms with van der Waals surface area (Å²) in [4.78, 5) is 24.9. The van der Waals surface area contributed by atoms with Crippen molar-refractivity contribution in [3.05, 3.63) is 69.5 Å². The summed E-state index contributed by atoms with van der Waals surface area (Å²) in [6, 6.07) is 5.65. The lowest BCUT2D eigenvalue weighted by molar-refractivity contribution is -0.384. The first-order valence-corrected chi connectivity index (χ1v) is 7.92. The Kier molecular flexibility index (Phi) is 4.20. The van der Waals surface area contributed by atoms with E-state index >= 15 is 0 Å². The van der Waals surface area contributed by atoms with Gasteiger partial charge in [-0.3, -0.25) is 14.9 Å². The minimum atomic E-state index is -0.476. The van der Waals surface area contributed by atoms with Crippen molar-refractivity contribution in [2.24, 2.45) is 0 Å². The van der Waals surface area contributed by atoms with E-state index < -0.39 is 11.0 Å². The average molecular weight is 326 g/mol. The van der Waals surface area contributed by atoms with E-state index in [9.17, 15) is 20.0 Å². The molecule has 0 saturated heterocycles. The zero-order valence-electron chi connectivity index (χ0n) is 13.3. The second-order valence-electron chi connectivity index (χ2n) is 5.87. The molecule has 0 spiro atoms. The van der Waals surface area contributed by atoms with Gasteiger partial charge in [0.05, 0.1) is 16.7 Å². The minimum absolute atomic E-state index is 0.0636. The van der Waals surface area contributed by atoms with Crippen LogP contribution in [-0.2, 0) is 4.79 Å². The number of carbonyl (C=O) groups excluding carboxylic acids is 1. The first-order valence-electron chi connectivity index (χ1n) is 7.92. The average Bonchev–Trinajstić information content (AvgIpc) is 3.10. The zero-order valence-corrected chi connectivity index (χ0v) is 13.3. The topological polar surface area (TPSA) is 83.7 Å². The van der Waals surface area contributed by atoms with Crippen LogP contribution >= 0.6 is 0 Å². The Morgan fingerprint density at radius 1 is 1.38 bits per heavy atom. The Morgan fingerprint density at radius 2 is 2.17 bits per heavy atom. The number of carbonyl (C=O) groups is 1. The van der Waals surface area contributed by atoms with E-state index in [0.29, 0.717) is 17.7 Å². The highest BCUT2D eigenvalue weighted by Gasteiger charge is 2.37. The van der Waals surface area contributed by atoms with Gasteiger partial charge >= 0.3 is 0 Å². The molecule has 0 radical (unpaired) electrons. The summed E-state index contributed by atoms with van der Waals surface area (Å²) < 4.78 is 0. The highest BCUT2D eigenvalue weighted by atomic mass is 16.6. The number of aliphatic hydroxyl groups excluding tert-OH is 1. The van der Waals surface area contributed by atoms with E-state index in [-0.39, 0.29) is 17.4 Å². The smallest absolute Gasteiger partial charge is 0.271 e. The first-order chi connectivity index (χ1) is 11.5. The Bertz CT molecular complexity index is 792. The molecule has 1 atom stereocenters. The first kappa shape index (κ1) is 16.0. The van der Waals surface area contributed by atoms with Crippen molar-refractivity contribution >= 4 is 17.3 Å². The summed E-state index contributed by atoms with van der Waals surface area (Å²) in [6.07, 6.45) is 7.26. The van der Waals surface area contributed by atoms with Gasteiger partial charge < -0.3 is 10.0 Å². The number of allylic oxidation sites excluding steroid dienone is 1. The minimum Gasteiger partial charge on any atom is -0.508 e. The van der Waals surface area contributed by atoms with Crippen LogP contribution in [0.3, 0.4) is 0 Å². The van der Waals surface area contributed by atoms with E-state index in [0.717, 1.165) is 18.4 Å². The number of benzene rings is 1. The van der Waals surface area contributed by atoms with Crippen molar-refractivity contribution in [3.8, 4) is 0 Å². The number of non-ortho nitro benzene ring substituents is 1. The predicted molar refractivity (Wildman–Crippen MR) is 90.8 cm³/mol. The van der Waals surface area contributed by atoms with Crippen LogP contribution in [0.4, 0.5) is 11.4 Å². The van der Waals surface area contributed by atoms with Crippen LogP contribution in [0.15, 0.2) is 59.4 Å². The van der Waals surface area contributed by atoms with Crippen LogP contribution in [0.1, 0.15) is 26.2 Å². The van der Waals surface area contributed by atoms with Gasteiger partial charge in [0, 0.05) is 24.1 Å². The van der Waals surface area contributed by atoms with Crippen molar-refractivity contribution in [2.75, 3.05) is 4.90 Å². The monoisotopic (exact) mass is 326 g/mol. The summed E-state index contributed by atoms with van der Waals surface area (Å²) in [5, 5.41) is 21.1. The molecule has 3 rings (SSSR count). The number of rotatable bonds is 6. The summed E-state index contributed by atoms with van der Waals surface area (Å²) in [7, 11) is 0. The number of nitro benzene ring substituents is 1. The van der Waals surface area contributed by atoms with Crippen LogP contribution < -0.4 is 4.90 Å². The van der Waals surface area contributed by atoms with E-state index in [1.54, 1.807) is 29.2 Å². The molecule has 0 aliphatic heterocycles. The van der Waals surface area contributed by atoms with Crippen LogP contribution in [0.5, 0.6) is 0 Å². The molecule has 6 heteroatoms. The van der Waals surface area contributed by atoms with Gasteiger partial charge in [-0.05, 0) is 24.1 Å². The Balaban J connectivity index is 2.01. The molecule has 1 aromatic rings. The SMILES string of the molecule is CCCCC(=O)N(c1cccc([N+](=O)[O-])c1)C1C2=CC(O)=C1C=C2. The number of nitrogens with zero attached hydrogens (tertiary/aromatic N) is 2. The van der Waals surface area contributed by atoms with Gasteiger partial charge in [-0.15, -0.1) is 0 Å². The maximum absolute atomic E-state index is 12.8. The molecular weight excluding hydrogens is 308 g/mol. The van der Waals surface area contributed by atoms with Gasteiger partial charge in [-0.1, -0.05) is 31.6 Å². The van der Waals surface area contributed by atoms with Crippen molar-refractivity contribution in [3.63, 3.8) is 0 Å². The molecule has 2 aliphatic carbocycles. The molecule has 24 heavy (non-hydrogen) atoms.